The van der Waals surface area contributed by atoms with Crippen molar-refractivity contribution in [2.24, 2.45) is 5.92 Å². The molecule has 0 unspecified atom stereocenters. The molecule has 0 aliphatic heterocycles. The van der Waals surface area contributed by atoms with Crippen LogP contribution in [-0.2, 0) is 23.0 Å². The Balaban J connectivity index is 1.76. The van der Waals surface area contributed by atoms with Crippen LogP contribution >= 0.6 is 0 Å². The summed E-state index contributed by atoms with van der Waals surface area (Å²) in [6.45, 7) is 5.18. The van der Waals surface area contributed by atoms with Gasteiger partial charge in [-0.1, -0.05) is 13.8 Å². The summed E-state index contributed by atoms with van der Waals surface area (Å²) in [5.74, 6) is -1.83. The molecule has 1 N–H and O–H groups in total. The fraction of sp³-hybridized carbons (Fsp3) is 0.316. The lowest BCUT2D eigenvalue weighted by atomic mass is 10.2. The highest BCUT2D eigenvalue weighted by atomic mass is 32.2. The average molecular weight is 393 g/mol. The standard InChI is InChI=1S/C19H21F2N3O2S/c1-13(2)11-24-12-14(16-4-3-8-22-19(16)24)7-9-23-27(25,26)15-5-6-17(20)18(21)10-15/h3-6,8,10,12-13,23H,7,9,11H2,1-2H3. The van der Waals surface area contributed by atoms with Gasteiger partial charge in [0, 0.05) is 30.9 Å². The van der Waals surface area contributed by atoms with Gasteiger partial charge in [-0.05, 0) is 48.2 Å². The summed E-state index contributed by atoms with van der Waals surface area (Å²) < 4.78 is 55.4. The fourth-order valence-electron chi connectivity index (χ4n) is 2.97. The molecule has 0 aliphatic carbocycles. The Kier molecular flexibility index (Phi) is 5.57. The molecule has 1 aromatic carbocycles. The summed E-state index contributed by atoms with van der Waals surface area (Å²) in [5.41, 5.74) is 1.84. The van der Waals surface area contributed by atoms with Crippen molar-refractivity contribution in [3.63, 3.8) is 0 Å². The van der Waals surface area contributed by atoms with Gasteiger partial charge in [0.15, 0.2) is 11.6 Å². The summed E-state index contributed by atoms with van der Waals surface area (Å²) in [5, 5.41) is 0.977. The second kappa shape index (κ2) is 7.74. The lowest BCUT2D eigenvalue weighted by Gasteiger charge is -2.07. The van der Waals surface area contributed by atoms with E-state index in [1.165, 1.54) is 0 Å². The van der Waals surface area contributed by atoms with E-state index in [1.807, 2.05) is 18.3 Å². The number of nitrogens with one attached hydrogen (secondary N) is 1. The van der Waals surface area contributed by atoms with Gasteiger partial charge in [-0.15, -0.1) is 0 Å². The number of hydrogen-bond acceptors (Lipinski definition) is 3. The maximum Gasteiger partial charge on any atom is 0.240 e. The van der Waals surface area contributed by atoms with Crippen molar-refractivity contribution in [2.75, 3.05) is 6.54 Å². The number of hydrogen-bond donors (Lipinski definition) is 1. The molecule has 8 heteroatoms. The predicted molar refractivity (Wildman–Crippen MR) is 99.8 cm³/mol. The summed E-state index contributed by atoms with van der Waals surface area (Å²) in [7, 11) is -3.91. The topological polar surface area (TPSA) is 64.0 Å². The third-order valence-electron chi connectivity index (χ3n) is 4.17. The molecule has 0 fully saturated rings. The van der Waals surface area contributed by atoms with Crippen molar-refractivity contribution in [3.05, 3.63) is 59.9 Å². The van der Waals surface area contributed by atoms with Gasteiger partial charge in [0.05, 0.1) is 4.90 Å². The van der Waals surface area contributed by atoms with Crippen LogP contribution in [0.25, 0.3) is 11.0 Å². The number of halogens is 2. The lowest BCUT2D eigenvalue weighted by molar-refractivity contribution is 0.504. The van der Waals surface area contributed by atoms with Crippen molar-refractivity contribution in [3.8, 4) is 0 Å². The lowest BCUT2D eigenvalue weighted by Crippen LogP contribution is -2.26. The first-order chi connectivity index (χ1) is 12.8. The van der Waals surface area contributed by atoms with Gasteiger partial charge in [0.25, 0.3) is 0 Å². The molecule has 0 saturated heterocycles. The molecule has 144 valence electrons. The monoisotopic (exact) mass is 393 g/mol. The Labute approximate surface area is 157 Å². The number of fused-ring (bicyclic) bond motifs is 1. The van der Waals surface area contributed by atoms with E-state index in [1.54, 1.807) is 6.20 Å². The van der Waals surface area contributed by atoms with Gasteiger partial charge in [-0.25, -0.2) is 26.9 Å². The minimum Gasteiger partial charge on any atom is -0.332 e. The largest absolute Gasteiger partial charge is 0.332 e. The number of benzene rings is 1. The molecule has 2 aromatic heterocycles. The number of sulfonamides is 1. The molecule has 0 bridgehead atoms. The molecule has 2 heterocycles. The number of nitrogens with zero attached hydrogens (tertiary/aromatic N) is 2. The smallest absolute Gasteiger partial charge is 0.240 e. The first-order valence-corrected chi connectivity index (χ1v) is 10.1. The van der Waals surface area contributed by atoms with Crippen LogP contribution < -0.4 is 4.72 Å². The first kappa shape index (κ1) is 19.4. The van der Waals surface area contributed by atoms with Crippen LogP contribution in [0.1, 0.15) is 19.4 Å². The Bertz CT molecular complexity index is 1060. The third-order valence-corrected chi connectivity index (χ3v) is 5.62. The fourth-order valence-corrected chi connectivity index (χ4v) is 4.02. The number of aromatic nitrogens is 2. The van der Waals surface area contributed by atoms with E-state index in [4.69, 9.17) is 0 Å². The van der Waals surface area contributed by atoms with E-state index in [0.717, 1.165) is 35.3 Å². The SMILES string of the molecule is CC(C)Cn1cc(CCNS(=O)(=O)c2ccc(F)c(F)c2)c2cccnc21. The molecule has 0 radical (unpaired) electrons. The van der Waals surface area contributed by atoms with Gasteiger partial charge in [-0.2, -0.15) is 0 Å². The van der Waals surface area contributed by atoms with E-state index < -0.39 is 21.7 Å². The second-order valence-corrected chi connectivity index (χ2v) is 8.57. The van der Waals surface area contributed by atoms with E-state index in [9.17, 15) is 17.2 Å². The molecule has 0 amide bonds. The van der Waals surface area contributed by atoms with Crippen LogP contribution in [0.15, 0.2) is 47.6 Å². The molecular formula is C19H21F2N3O2S. The van der Waals surface area contributed by atoms with Crippen LogP contribution in [0, 0.1) is 17.6 Å². The van der Waals surface area contributed by atoms with Crippen molar-refractivity contribution < 1.29 is 17.2 Å². The van der Waals surface area contributed by atoms with Gasteiger partial charge < -0.3 is 4.57 Å². The normalized spacial score (nSPS) is 12.2. The van der Waals surface area contributed by atoms with Crippen LogP contribution in [0.4, 0.5) is 8.78 Å². The summed E-state index contributed by atoms with van der Waals surface area (Å²) in [4.78, 5) is 4.12. The van der Waals surface area contributed by atoms with Crippen molar-refractivity contribution >= 4 is 21.1 Å². The molecule has 3 rings (SSSR count). The van der Waals surface area contributed by atoms with E-state index in [0.29, 0.717) is 18.4 Å². The van der Waals surface area contributed by atoms with Gasteiger partial charge in [0.1, 0.15) is 5.65 Å². The third kappa shape index (κ3) is 4.33. The molecule has 27 heavy (non-hydrogen) atoms. The molecule has 0 aliphatic rings. The predicted octanol–water partition coefficient (Wildman–Crippen LogP) is 3.49. The van der Waals surface area contributed by atoms with Crippen molar-refractivity contribution in [1.82, 2.24) is 14.3 Å². The average Bonchev–Trinajstić information content (AvgIpc) is 2.94. The molecule has 0 saturated carbocycles. The maximum absolute atomic E-state index is 13.3. The zero-order chi connectivity index (χ0) is 19.6. The molecule has 3 aromatic rings. The molecule has 5 nitrogen and oxygen atoms in total. The summed E-state index contributed by atoms with van der Waals surface area (Å²) in [6.07, 6.45) is 4.18. The quantitative estimate of drug-likeness (QED) is 0.668. The summed E-state index contributed by atoms with van der Waals surface area (Å²) in [6, 6.07) is 6.32. The highest BCUT2D eigenvalue weighted by Crippen LogP contribution is 2.21. The van der Waals surface area contributed by atoms with E-state index in [2.05, 4.69) is 28.1 Å². The zero-order valence-electron chi connectivity index (χ0n) is 15.1. The highest BCUT2D eigenvalue weighted by Gasteiger charge is 2.17. The van der Waals surface area contributed by atoms with Crippen LogP contribution in [0.5, 0.6) is 0 Å². The Morgan fingerprint density at radius 1 is 1.19 bits per heavy atom. The Morgan fingerprint density at radius 2 is 1.96 bits per heavy atom. The molecular weight excluding hydrogens is 372 g/mol. The molecule has 0 spiro atoms. The number of pyridine rings is 1. The van der Waals surface area contributed by atoms with Crippen LogP contribution in [0.3, 0.4) is 0 Å². The van der Waals surface area contributed by atoms with Crippen molar-refractivity contribution in [2.45, 2.75) is 31.7 Å². The van der Waals surface area contributed by atoms with Crippen LogP contribution in [-0.4, -0.2) is 24.5 Å². The van der Waals surface area contributed by atoms with E-state index >= 15 is 0 Å². The summed E-state index contributed by atoms with van der Waals surface area (Å²) >= 11 is 0. The zero-order valence-corrected chi connectivity index (χ0v) is 15.9. The minimum absolute atomic E-state index is 0.136. The first-order valence-electron chi connectivity index (χ1n) is 8.65. The van der Waals surface area contributed by atoms with Crippen molar-refractivity contribution in [1.29, 1.82) is 0 Å². The Hall–Kier alpha value is -2.32. The minimum atomic E-state index is -3.91. The van der Waals surface area contributed by atoms with Gasteiger partial charge >= 0.3 is 0 Å². The van der Waals surface area contributed by atoms with Gasteiger partial charge in [-0.3, -0.25) is 0 Å². The highest BCUT2D eigenvalue weighted by molar-refractivity contribution is 7.89. The second-order valence-electron chi connectivity index (χ2n) is 6.80. The molecule has 0 atom stereocenters. The van der Waals surface area contributed by atoms with E-state index in [-0.39, 0.29) is 11.4 Å². The Morgan fingerprint density at radius 3 is 2.67 bits per heavy atom. The van der Waals surface area contributed by atoms with Gasteiger partial charge in [0.2, 0.25) is 10.0 Å². The number of rotatable bonds is 7. The maximum atomic E-state index is 13.3. The van der Waals surface area contributed by atoms with Crippen LogP contribution in [0.2, 0.25) is 0 Å².